The summed E-state index contributed by atoms with van der Waals surface area (Å²) in [5.74, 6) is 1.49. The number of hydrogen-bond acceptors (Lipinski definition) is 8. The number of benzene rings is 2. The SMILES string of the molecule is CCS(=O)n1cc(-c2nc(Nc3cc(Cl)c(N4CCC(N5CCN(C)CC5)CC4)cc3OC)ncc2Cl)c2ccccc21. The van der Waals surface area contributed by atoms with Gasteiger partial charge in [-0.05, 0) is 32.0 Å². The number of para-hydroxylation sites is 1. The number of hydrogen-bond donors (Lipinski definition) is 1. The zero-order chi connectivity index (χ0) is 30.1. The van der Waals surface area contributed by atoms with Gasteiger partial charge in [0.15, 0.2) is 0 Å². The first-order valence-corrected chi connectivity index (χ1v) is 16.7. The fourth-order valence-electron chi connectivity index (χ4n) is 6.09. The van der Waals surface area contributed by atoms with Crippen molar-refractivity contribution in [3.8, 4) is 17.0 Å². The largest absolute Gasteiger partial charge is 0.494 e. The van der Waals surface area contributed by atoms with Crippen LogP contribution in [-0.2, 0) is 11.0 Å². The van der Waals surface area contributed by atoms with E-state index in [2.05, 4.69) is 32.0 Å². The van der Waals surface area contributed by atoms with E-state index in [9.17, 15) is 4.21 Å². The van der Waals surface area contributed by atoms with Gasteiger partial charge in [0, 0.05) is 74.3 Å². The molecule has 2 aliphatic heterocycles. The van der Waals surface area contributed by atoms with E-state index in [0.717, 1.165) is 74.3 Å². The number of rotatable bonds is 8. The molecule has 228 valence electrons. The van der Waals surface area contributed by atoms with Crippen molar-refractivity contribution in [2.45, 2.75) is 25.8 Å². The Bertz CT molecular complexity index is 1630. The Balaban J connectivity index is 1.23. The number of halogens is 2. The van der Waals surface area contributed by atoms with Crippen molar-refractivity contribution in [3.05, 3.63) is 58.8 Å². The molecule has 1 N–H and O–H groups in total. The van der Waals surface area contributed by atoms with Gasteiger partial charge in [-0.3, -0.25) is 8.87 Å². The lowest BCUT2D eigenvalue weighted by molar-refractivity contribution is 0.0982. The number of ether oxygens (including phenoxy) is 1. The van der Waals surface area contributed by atoms with E-state index in [0.29, 0.717) is 44.9 Å². The number of fused-ring (bicyclic) bond motifs is 1. The van der Waals surface area contributed by atoms with Crippen LogP contribution in [0.4, 0.5) is 17.3 Å². The number of likely N-dealkylation sites (N-methyl/N-ethyl adjacent to an activating group) is 1. The molecule has 2 saturated heterocycles. The van der Waals surface area contributed by atoms with E-state index in [1.165, 1.54) is 0 Å². The van der Waals surface area contributed by atoms with Gasteiger partial charge in [-0.25, -0.2) is 14.2 Å². The summed E-state index contributed by atoms with van der Waals surface area (Å²) in [7, 11) is 2.64. The predicted molar refractivity (Wildman–Crippen MR) is 178 cm³/mol. The summed E-state index contributed by atoms with van der Waals surface area (Å²) in [4.78, 5) is 16.6. The first kappa shape index (κ1) is 30.1. The van der Waals surface area contributed by atoms with E-state index >= 15 is 0 Å². The zero-order valence-corrected chi connectivity index (χ0v) is 27.1. The maximum atomic E-state index is 12.8. The number of methoxy groups -OCH3 is 1. The third kappa shape index (κ3) is 6.21. The third-order valence-electron chi connectivity index (χ3n) is 8.52. The van der Waals surface area contributed by atoms with Gasteiger partial charge in [0.2, 0.25) is 5.95 Å². The molecule has 1 unspecified atom stereocenters. The fourth-order valence-corrected chi connectivity index (χ4v) is 7.45. The molecular weight excluding hydrogens is 605 g/mol. The van der Waals surface area contributed by atoms with Crippen LogP contribution in [0, 0.1) is 0 Å². The van der Waals surface area contributed by atoms with Gasteiger partial charge in [-0.15, -0.1) is 0 Å². The van der Waals surface area contributed by atoms with Crippen molar-refractivity contribution < 1.29 is 8.95 Å². The predicted octanol–water partition coefficient (Wildman–Crippen LogP) is 5.91. The Morgan fingerprint density at radius 2 is 1.79 bits per heavy atom. The van der Waals surface area contributed by atoms with Crippen LogP contribution in [0.5, 0.6) is 5.75 Å². The van der Waals surface area contributed by atoms with Crippen LogP contribution in [0.2, 0.25) is 10.0 Å². The average Bonchev–Trinajstić information content (AvgIpc) is 3.42. The van der Waals surface area contributed by atoms with Crippen LogP contribution in [0.1, 0.15) is 19.8 Å². The highest BCUT2D eigenvalue weighted by Crippen LogP contribution is 2.40. The Morgan fingerprint density at radius 3 is 2.51 bits per heavy atom. The lowest BCUT2D eigenvalue weighted by atomic mass is 10.0. The Kier molecular flexibility index (Phi) is 9.11. The summed E-state index contributed by atoms with van der Waals surface area (Å²) < 4.78 is 20.3. The highest BCUT2D eigenvalue weighted by Gasteiger charge is 2.28. The molecule has 2 fully saturated rings. The van der Waals surface area contributed by atoms with Crippen LogP contribution in [0.3, 0.4) is 0 Å². The smallest absolute Gasteiger partial charge is 0.227 e. The normalized spacial score (nSPS) is 17.8. The molecular formula is C31H37Cl2N7O2S. The van der Waals surface area contributed by atoms with Crippen molar-refractivity contribution >= 4 is 62.4 Å². The molecule has 43 heavy (non-hydrogen) atoms. The number of anilines is 3. The maximum Gasteiger partial charge on any atom is 0.227 e. The van der Waals surface area contributed by atoms with Gasteiger partial charge in [0.1, 0.15) is 16.7 Å². The van der Waals surface area contributed by atoms with Crippen molar-refractivity contribution in [1.29, 1.82) is 0 Å². The summed E-state index contributed by atoms with van der Waals surface area (Å²) in [6.45, 7) is 8.36. The van der Waals surface area contributed by atoms with E-state index in [-0.39, 0.29) is 0 Å². The highest BCUT2D eigenvalue weighted by molar-refractivity contribution is 7.83. The monoisotopic (exact) mass is 641 g/mol. The summed E-state index contributed by atoms with van der Waals surface area (Å²) in [6.07, 6.45) is 5.65. The molecule has 4 heterocycles. The molecule has 0 aliphatic carbocycles. The number of piperidine rings is 1. The standard InChI is InChI=1S/C31H37Cl2N7O2S/c1-4-43(41)40-20-23(22-7-5-6-8-27(22)40)30-25(33)19-34-31(36-30)35-26-17-24(32)28(18-29(26)42-3)39-11-9-21(10-12-39)38-15-13-37(2)14-16-38/h5-8,17-21H,4,9-16H2,1-3H3,(H,34,35,36). The van der Waals surface area contributed by atoms with E-state index in [1.807, 2.05) is 49.5 Å². The number of nitrogens with one attached hydrogen (secondary N) is 1. The highest BCUT2D eigenvalue weighted by atomic mass is 35.5. The van der Waals surface area contributed by atoms with E-state index in [4.69, 9.17) is 32.9 Å². The topological polar surface area (TPSA) is 78.8 Å². The molecule has 12 heteroatoms. The van der Waals surface area contributed by atoms with Crippen molar-refractivity contribution in [2.24, 2.45) is 0 Å². The lowest BCUT2D eigenvalue weighted by Gasteiger charge is -2.42. The summed E-state index contributed by atoms with van der Waals surface area (Å²) in [5.41, 5.74) is 3.82. The third-order valence-corrected chi connectivity index (χ3v) is 10.3. The molecule has 0 amide bonds. The van der Waals surface area contributed by atoms with Crippen molar-refractivity contribution in [2.75, 3.05) is 69.4 Å². The molecule has 4 aromatic rings. The molecule has 9 nitrogen and oxygen atoms in total. The Morgan fingerprint density at radius 1 is 1.05 bits per heavy atom. The van der Waals surface area contributed by atoms with Gasteiger partial charge in [-0.1, -0.05) is 48.3 Å². The van der Waals surface area contributed by atoms with Crippen LogP contribution in [0.25, 0.3) is 22.2 Å². The van der Waals surface area contributed by atoms with Crippen LogP contribution >= 0.6 is 23.2 Å². The molecule has 0 radical (unpaired) electrons. The van der Waals surface area contributed by atoms with Crippen molar-refractivity contribution in [3.63, 3.8) is 0 Å². The molecule has 0 spiro atoms. The first-order chi connectivity index (χ1) is 20.9. The van der Waals surface area contributed by atoms with Gasteiger partial charge >= 0.3 is 0 Å². The molecule has 2 aromatic heterocycles. The molecule has 2 aliphatic rings. The Labute approximate surface area is 265 Å². The van der Waals surface area contributed by atoms with Crippen LogP contribution in [-0.4, -0.2) is 93.2 Å². The quantitative estimate of drug-likeness (QED) is 0.255. The average molecular weight is 643 g/mol. The number of aromatic nitrogens is 3. The summed E-state index contributed by atoms with van der Waals surface area (Å²) >= 11 is 13.5. The molecule has 1 atom stereocenters. The minimum atomic E-state index is -1.20. The minimum absolute atomic E-state index is 0.350. The van der Waals surface area contributed by atoms with Gasteiger partial charge in [0.25, 0.3) is 0 Å². The second-order valence-corrected chi connectivity index (χ2v) is 13.5. The summed E-state index contributed by atoms with van der Waals surface area (Å²) in [5, 5.41) is 5.24. The molecule has 6 rings (SSSR count). The summed E-state index contributed by atoms with van der Waals surface area (Å²) in [6, 6.07) is 12.3. The molecule has 0 bridgehead atoms. The lowest BCUT2D eigenvalue weighted by Crippen LogP contribution is -2.52. The second-order valence-electron chi connectivity index (χ2n) is 11.1. The van der Waals surface area contributed by atoms with Gasteiger partial charge in [-0.2, -0.15) is 0 Å². The maximum absolute atomic E-state index is 12.8. The fraction of sp³-hybridized carbons (Fsp3) is 0.419. The van der Waals surface area contributed by atoms with E-state index in [1.54, 1.807) is 17.3 Å². The van der Waals surface area contributed by atoms with Gasteiger partial charge in [0.05, 0.1) is 45.9 Å². The van der Waals surface area contributed by atoms with Crippen LogP contribution < -0.4 is 15.0 Å². The van der Waals surface area contributed by atoms with Crippen molar-refractivity contribution in [1.82, 2.24) is 23.7 Å². The second kappa shape index (κ2) is 13.0. The Hall–Kier alpha value is -2.89. The zero-order valence-electron chi connectivity index (χ0n) is 24.7. The molecule has 2 aromatic carbocycles. The molecule has 0 saturated carbocycles. The van der Waals surface area contributed by atoms with E-state index < -0.39 is 11.0 Å². The number of nitrogens with zero attached hydrogens (tertiary/aromatic N) is 6. The minimum Gasteiger partial charge on any atom is -0.494 e. The van der Waals surface area contributed by atoms with Gasteiger partial charge < -0.3 is 19.9 Å². The first-order valence-electron chi connectivity index (χ1n) is 14.7. The number of piperazine rings is 1. The van der Waals surface area contributed by atoms with Crippen LogP contribution in [0.15, 0.2) is 48.8 Å².